The number of piperidine rings is 1. The van der Waals surface area contributed by atoms with Crippen molar-refractivity contribution in [2.24, 2.45) is 5.92 Å². The number of fused-ring (bicyclic) bond motifs is 1. The standard InChI is InChI=1S/C21H22FN5O/c1-2-18(28)26-9-7-14(8-10-26)11-27-12-17(15-3-5-16(22)6-4-15)19-20(23)24-13-25-21(19)27/h2-6,12-14H,1,7-11H2,(H2,23,24,25). The van der Waals surface area contributed by atoms with E-state index in [-0.39, 0.29) is 11.7 Å². The first kappa shape index (κ1) is 18.2. The van der Waals surface area contributed by atoms with Gasteiger partial charge in [-0.1, -0.05) is 18.7 Å². The summed E-state index contributed by atoms with van der Waals surface area (Å²) in [5, 5.41) is 0.786. The summed E-state index contributed by atoms with van der Waals surface area (Å²) in [5.74, 6) is 0.553. The van der Waals surface area contributed by atoms with Gasteiger partial charge in [-0.25, -0.2) is 14.4 Å². The third-order valence-electron chi connectivity index (χ3n) is 5.39. The van der Waals surface area contributed by atoms with Gasteiger partial charge in [-0.2, -0.15) is 0 Å². The van der Waals surface area contributed by atoms with Crippen LogP contribution in [0.3, 0.4) is 0 Å². The van der Waals surface area contributed by atoms with Crippen LogP contribution in [0.4, 0.5) is 10.2 Å². The number of carbonyl (C=O) groups excluding carboxylic acids is 1. The molecule has 1 amide bonds. The van der Waals surface area contributed by atoms with Crippen LogP contribution in [0, 0.1) is 11.7 Å². The Morgan fingerprint density at radius 3 is 2.64 bits per heavy atom. The molecule has 28 heavy (non-hydrogen) atoms. The molecule has 2 N–H and O–H groups in total. The van der Waals surface area contributed by atoms with Crippen LogP contribution in [-0.2, 0) is 11.3 Å². The number of amides is 1. The molecule has 2 aromatic heterocycles. The van der Waals surface area contributed by atoms with Crippen LogP contribution < -0.4 is 5.73 Å². The molecule has 1 aliphatic heterocycles. The largest absolute Gasteiger partial charge is 0.383 e. The average Bonchev–Trinajstić information content (AvgIpc) is 3.08. The van der Waals surface area contributed by atoms with Gasteiger partial charge in [-0.3, -0.25) is 4.79 Å². The van der Waals surface area contributed by atoms with Crippen molar-refractivity contribution >= 4 is 22.8 Å². The molecule has 1 fully saturated rings. The molecule has 3 aromatic rings. The Labute approximate surface area is 162 Å². The molecule has 7 heteroatoms. The van der Waals surface area contributed by atoms with Crippen LogP contribution in [0.2, 0.25) is 0 Å². The fourth-order valence-corrected chi connectivity index (χ4v) is 3.88. The SMILES string of the molecule is C=CC(=O)N1CCC(Cn2cc(-c3ccc(F)cc3)c3c(N)ncnc32)CC1. The predicted octanol–water partition coefficient (Wildman–Crippen LogP) is 3.24. The van der Waals surface area contributed by atoms with Crippen molar-refractivity contribution in [3.8, 4) is 11.1 Å². The van der Waals surface area contributed by atoms with Crippen LogP contribution >= 0.6 is 0 Å². The quantitative estimate of drug-likeness (QED) is 0.706. The lowest BCUT2D eigenvalue weighted by Crippen LogP contribution is -2.38. The van der Waals surface area contributed by atoms with Crippen molar-refractivity contribution in [3.05, 3.63) is 55.3 Å². The summed E-state index contributed by atoms with van der Waals surface area (Å²) in [5.41, 5.74) is 8.69. The molecule has 3 heterocycles. The summed E-state index contributed by atoms with van der Waals surface area (Å²) in [6.07, 6.45) is 6.70. The first-order valence-corrected chi connectivity index (χ1v) is 9.33. The normalized spacial score (nSPS) is 15.1. The molecule has 0 radical (unpaired) electrons. The van der Waals surface area contributed by atoms with E-state index in [1.807, 2.05) is 11.1 Å². The highest BCUT2D eigenvalue weighted by molar-refractivity contribution is 6.00. The Morgan fingerprint density at radius 2 is 1.96 bits per heavy atom. The second kappa shape index (κ2) is 7.42. The zero-order valence-corrected chi connectivity index (χ0v) is 15.5. The van der Waals surface area contributed by atoms with Gasteiger partial charge in [0.05, 0.1) is 5.39 Å². The molecule has 1 saturated heterocycles. The second-order valence-electron chi connectivity index (χ2n) is 7.13. The molecule has 1 aliphatic rings. The number of carbonyl (C=O) groups is 1. The van der Waals surface area contributed by atoms with Gasteiger partial charge in [0.15, 0.2) is 0 Å². The maximum absolute atomic E-state index is 13.3. The van der Waals surface area contributed by atoms with Gasteiger partial charge in [0, 0.05) is 31.4 Å². The molecular weight excluding hydrogens is 357 g/mol. The Morgan fingerprint density at radius 1 is 1.25 bits per heavy atom. The number of rotatable bonds is 4. The van der Waals surface area contributed by atoms with Gasteiger partial charge in [0.1, 0.15) is 23.6 Å². The van der Waals surface area contributed by atoms with Crippen LogP contribution in [0.1, 0.15) is 12.8 Å². The molecule has 0 spiro atoms. The maximum Gasteiger partial charge on any atom is 0.245 e. The number of benzene rings is 1. The van der Waals surface area contributed by atoms with E-state index in [0.717, 1.165) is 54.6 Å². The second-order valence-corrected chi connectivity index (χ2v) is 7.13. The van der Waals surface area contributed by atoms with Gasteiger partial charge >= 0.3 is 0 Å². The van der Waals surface area contributed by atoms with E-state index < -0.39 is 0 Å². The number of nitrogens with zero attached hydrogens (tertiary/aromatic N) is 4. The summed E-state index contributed by atoms with van der Waals surface area (Å²) in [4.78, 5) is 22.2. The fourth-order valence-electron chi connectivity index (χ4n) is 3.88. The minimum absolute atomic E-state index is 0.0102. The van der Waals surface area contributed by atoms with E-state index in [9.17, 15) is 9.18 Å². The predicted molar refractivity (Wildman–Crippen MR) is 107 cm³/mol. The van der Waals surface area contributed by atoms with Crippen LogP contribution in [0.15, 0.2) is 49.4 Å². The van der Waals surface area contributed by atoms with E-state index in [1.54, 1.807) is 12.1 Å². The highest BCUT2D eigenvalue weighted by atomic mass is 19.1. The summed E-state index contributed by atoms with van der Waals surface area (Å²) >= 11 is 0. The van der Waals surface area contributed by atoms with Crippen LogP contribution in [-0.4, -0.2) is 38.4 Å². The number of nitrogen functional groups attached to an aromatic ring is 1. The van der Waals surface area contributed by atoms with E-state index in [0.29, 0.717) is 11.7 Å². The molecule has 4 rings (SSSR count). The number of hydrogen-bond acceptors (Lipinski definition) is 4. The van der Waals surface area contributed by atoms with E-state index in [2.05, 4.69) is 21.1 Å². The summed E-state index contributed by atoms with van der Waals surface area (Å²) in [6.45, 7) is 5.80. The molecule has 0 aliphatic carbocycles. The molecule has 0 bridgehead atoms. The lowest BCUT2D eigenvalue weighted by Gasteiger charge is -2.31. The maximum atomic E-state index is 13.3. The molecule has 6 nitrogen and oxygen atoms in total. The molecule has 144 valence electrons. The zero-order valence-electron chi connectivity index (χ0n) is 15.5. The highest BCUT2D eigenvalue weighted by Crippen LogP contribution is 2.33. The summed E-state index contributed by atoms with van der Waals surface area (Å²) < 4.78 is 15.4. The Hall–Kier alpha value is -3.22. The van der Waals surface area contributed by atoms with Crippen molar-refractivity contribution in [3.63, 3.8) is 0 Å². The van der Waals surface area contributed by atoms with Crippen molar-refractivity contribution in [1.82, 2.24) is 19.4 Å². The first-order valence-electron chi connectivity index (χ1n) is 9.33. The van der Waals surface area contributed by atoms with E-state index in [1.165, 1.54) is 24.5 Å². The fraction of sp³-hybridized carbons (Fsp3) is 0.286. The molecule has 1 aromatic carbocycles. The molecule has 0 atom stereocenters. The average molecular weight is 379 g/mol. The molecular formula is C21H22FN5O. The van der Waals surface area contributed by atoms with Gasteiger partial charge < -0.3 is 15.2 Å². The number of nitrogens with two attached hydrogens (primary N) is 1. The zero-order chi connectivity index (χ0) is 19.7. The third-order valence-corrected chi connectivity index (χ3v) is 5.39. The first-order chi connectivity index (χ1) is 13.6. The topological polar surface area (TPSA) is 77.0 Å². The van der Waals surface area contributed by atoms with Crippen molar-refractivity contribution in [2.75, 3.05) is 18.8 Å². The lowest BCUT2D eigenvalue weighted by molar-refractivity contribution is -0.127. The van der Waals surface area contributed by atoms with E-state index >= 15 is 0 Å². The Kier molecular flexibility index (Phi) is 4.81. The van der Waals surface area contributed by atoms with Crippen LogP contribution in [0.25, 0.3) is 22.2 Å². The Balaban J connectivity index is 1.63. The van der Waals surface area contributed by atoms with Crippen molar-refractivity contribution in [2.45, 2.75) is 19.4 Å². The molecule has 0 saturated carbocycles. The lowest BCUT2D eigenvalue weighted by atomic mass is 9.96. The Bertz CT molecular complexity index is 1020. The minimum Gasteiger partial charge on any atom is -0.383 e. The van der Waals surface area contributed by atoms with Gasteiger partial charge in [-0.05, 0) is 42.5 Å². The van der Waals surface area contributed by atoms with E-state index in [4.69, 9.17) is 5.73 Å². The van der Waals surface area contributed by atoms with Crippen molar-refractivity contribution in [1.29, 1.82) is 0 Å². The monoisotopic (exact) mass is 379 g/mol. The number of anilines is 1. The van der Waals surface area contributed by atoms with Crippen molar-refractivity contribution < 1.29 is 9.18 Å². The highest BCUT2D eigenvalue weighted by Gasteiger charge is 2.23. The summed E-state index contributed by atoms with van der Waals surface area (Å²) in [7, 11) is 0. The minimum atomic E-state index is -0.280. The van der Waals surface area contributed by atoms with Gasteiger partial charge in [-0.15, -0.1) is 0 Å². The third kappa shape index (κ3) is 3.35. The number of hydrogen-bond donors (Lipinski definition) is 1. The number of halogens is 1. The smallest absolute Gasteiger partial charge is 0.245 e. The van der Waals surface area contributed by atoms with Crippen LogP contribution in [0.5, 0.6) is 0 Å². The van der Waals surface area contributed by atoms with Gasteiger partial charge in [0.25, 0.3) is 0 Å². The van der Waals surface area contributed by atoms with Gasteiger partial charge in [0.2, 0.25) is 5.91 Å². The number of aromatic nitrogens is 3. The molecule has 0 unspecified atom stereocenters. The number of likely N-dealkylation sites (tertiary alicyclic amines) is 1. The summed E-state index contributed by atoms with van der Waals surface area (Å²) in [6, 6.07) is 6.34.